The van der Waals surface area contributed by atoms with E-state index < -0.39 is 10.0 Å². The molecular weight excluding hydrogens is 442 g/mol. The zero-order valence-corrected chi connectivity index (χ0v) is 18.8. The smallest absolute Gasteiger partial charge is 0.255 e. The number of anilines is 1. The highest BCUT2D eigenvalue weighted by molar-refractivity contribution is 7.89. The molecule has 8 nitrogen and oxygen atoms in total. The summed E-state index contributed by atoms with van der Waals surface area (Å²) in [5.41, 5.74) is 1.72. The van der Waals surface area contributed by atoms with Crippen molar-refractivity contribution in [2.75, 3.05) is 31.6 Å². The molecule has 2 fully saturated rings. The van der Waals surface area contributed by atoms with Gasteiger partial charge in [-0.15, -0.1) is 0 Å². The SMILES string of the molecule is O=C(Nc1ccc(OC2CC2)c(S(=O)(=O)N2CCOCC2)c1)c1cccc(-n2cccc2)c1. The predicted molar refractivity (Wildman–Crippen MR) is 123 cm³/mol. The number of rotatable bonds is 7. The molecule has 0 spiro atoms. The summed E-state index contributed by atoms with van der Waals surface area (Å²) in [5.74, 6) is -0.00816. The summed E-state index contributed by atoms with van der Waals surface area (Å²) in [7, 11) is -3.80. The molecule has 0 radical (unpaired) electrons. The van der Waals surface area contributed by atoms with Gasteiger partial charge in [0, 0.05) is 42.4 Å². The van der Waals surface area contributed by atoms with Crippen LogP contribution in [0.4, 0.5) is 5.69 Å². The summed E-state index contributed by atoms with van der Waals surface area (Å²) >= 11 is 0. The van der Waals surface area contributed by atoms with Crippen molar-refractivity contribution in [3.8, 4) is 11.4 Å². The number of sulfonamides is 1. The van der Waals surface area contributed by atoms with Gasteiger partial charge in [-0.3, -0.25) is 4.79 Å². The summed E-state index contributed by atoms with van der Waals surface area (Å²) < 4.78 is 41.2. The van der Waals surface area contributed by atoms with Crippen molar-refractivity contribution < 1.29 is 22.7 Å². The third kappa shape index (κ3) is 4.80. The average molecular weight is 468 g/mol. The third-order valence-electron chi connectivity index (χ3n) is 5.62. The van der Waals surface area contributed by atoms with Crippen LogP contribution < -0.4 is 10.1 Å². The van der Waals surface area contributed by atoms with Crippen molar-refractivity contribution in [1.82, 2.24) is 8.87 Å². The van der Waals surface area contributed by atoms with Gasteiger partial charge >= 0.3 is 0 Å². The minimum Gasteiger partial charge on any atom is -0.489 e. The largest absolute Gasteiger partial charge is 0.489 e. The Balaban J connectivity index is 1.42. The number of nitrogens with one attached hydrogen (secondary N) is 1. The van der Waals surface area contributed by atoms with E-state index in [1.165, 1.54) is 10.4 Å². The van der Waals surface area contributed by atoms with Crippen LogP contribution in [0.3, 0.4) is 0 Å². The number of hydrogen-bond donors (Lipinski definition) is 1. The second-order valence-corrected chi connectivity index (χ2v) is 10.00. The summed E-state index contributed by atoms with van der Waals surface area (Å²) in [4.78, 5) is 13.0. The van der Waals surface area contributed by atoms with E-state index in [1.807, 2.05) is 41.2 Å². The van der Waals surface area contributed by atoms with E-state index in [0.717, 1.165) is 18.5 Å². The van der Waals surface area contributed by atoms with Crippen LogP contribution in [0.25, 0.3) is 5.69 Å². The molecule has 1 aliphatic heterocycles. The molecule has 2 heterocycles. The average Bonchev–Trinajstić information content (AvgIpc) is 3.48. The van der Waals surface area contributed by atoms with Gasteiger partial charge in [-0.25, -0.2) is 8.42 Å². The minimum atomic E-state index is -3.80. The molecule has 1 aromatic heterocycles. The molecule has 1 N–H and O–H groups in total. The second-order valence-electron chi connectivity index (χ2n) is 8.09. The molecule has 1 aliphatic carbocycles. The van der Waals surface area contributed by atoms with Gasteiger partial charge in [0.25, 0.3) is 5.91 Å². The summed E-state index contributed by atoms with van der Waals surface area (Å²) in [6.45, 7) is 1.28. The van der Waals surface area contributed by atoms with Gasteiger partial charge in [0.2, 0.25) is 10.0 Å². The Hall–Kier alpha value is -3.14. The van der Waals surface area contributed by atoms with Crippen molar-refractivity contribution >= 4 is 21.6 Å². The number of hydrogen-bond acceptors (Lipinski definition) is 5. The first-order chi connectivity index (χ1) is 16.0. The molecule has 0 atom stereocenters. The molecule has 5 rings (SSSR count). The van der Waals surface area contributed by atoms with E-state index in [0.29, 0.717) is 30.2 Å². The number of aromatic nitrogens is 1. The summed E-state index contributed by atoms with van der Waals surface area (Å²) in [6, 6.07) is 15.8. The van der Waals surface area contributed by atoms with Crippen LogP contribution in [-0.4, -0.2) is 55.6 Å². The van der Waals surface area contributed by atoms with E-state index in [2.05, 4.69) is 5.32 Å². The maximum absolute atomic E-state index is 13.4. The number of carbonyl (C=O) groups excluding carboxylic acids is 1. The fourth-order valence-electron chi connectivity index (χ4n) is 3.69. The molecule has 3 aromatic rings. The Kier molecular flexibility index (Phi) is 5.92. The third-order valence-corrected chi connectivity index (χ3v) is 7.54. The first kappa shape index (κ1) is 21.7. The van der Waals surface area contributed by atoms with Crippen LogP contribution in [0.1, 0.15) is 23.2 Å². The maximum atomic E-state index is 13.4. The number of carbonyl (C=O) groups is 1. The molecule has 1 saturated heterocycles. The quantitative estimate of drug-likeness (QED) is 0.576. The standard InChI is InChI=1S/C24H25N3O5S/c28-24(18-4-3-5-20(16-18)26-10-1-2-11-26)25-19-6-9-22(32-21-7-8-21)23(17-19)33(29,30)27-12-14-31-15-13-27/h1-6,9-11,16-17,21H,7-8,12-15H2,(H,25,28). The van der Waals surface area contributed by atoms with E-state index in [-0.39, 0.29) is 30.0 Å². The topological polar surface area (TPSA) is 89.9 Å². The molecule has 0 bridgehead atoms. The monoisotopic (exact) mass is 467 g/mol. The van der Waals surface area contributed by atoms with Crippen molar-refractivity contribution in [2.24, 2.45) is 0 Å². The Labute approximate surface area is 192 Å². The molecule has 172 valence electrons. The van der Waals surface area contributed by atoms with E-state index in [9.17, 15) is 13.2 Å². The molecular formula is C24H25N3O5S. The second kappa shape index (κ2) is 9.01. The van der Waals surface area contributed by atoms with E-state index in [4.69, 9.17) is 9.47 Å². The van der Waals surface area contributed by atoms with E-state index >= 15 is 0 Å². The van der Waals surface area contributed by atoms with Crippen LogP contribution in [0, 0.1) is 0 Å². The van der Waals surface area contributed by atoms with Crippen LogP contribution >= 0.6 is 0 Å². The maximum Gasteiger partial charge on any atom is 0.255 e. The van der Waals surface area contributed by atoms with E-state index in [1.54, 1.807) is 24.3 Å². The van der Waals surface area contributed by atoms with Crippen molar-refractivity contribution in [3.63, 3.8) is 0 Å². The minimum absolute atomic E-state index is 0.0421. The normalized spacial score (nSPS) is 17.0. The molecule has 33 heavy (non-hydrogen) atoms. The number of nitrogens with zero attached hydrogens (tertiary/aromatic N) is 2. The van der Waals surface area contributed by atoms with Gasteiger partial charge in [-0.05, 0) is 61.4 Å². The summed E-state index contributed by atoms with van der Waals surface area (Å²) in [6.07, 6.45) is 5.66. The zero-order chi connectivity index (χ0) is 22.8. The number of ether oxygens (including phenoxy) is 2. The van der Waals surface area contributed by atoms with Crippen molar-refractivity contribution in [1.29, 1.82) is 0 Å². The molecule has 2 aromatic carbocycles. The van der Waals surface area contributed by atoms with Crippen molar-refractivity contribution in [2.45, 2.75) is 23.8 Å². The lowest BCUT2D eigenvalue weighted by Crippen LogP contribution is -2.40. The first-order valence-corrected chi connectivity index (χ1v) is 12.4. The van der Waals surface area contributed by atoms with Gasteiger partial charge in [-0.2, -0.15) is 4.31 Å². The van der Waals surface area contributed by atoms with Gasteiger partial charge in [0.15, 0.2) is 0 Å². The van der Waals surface area contributed by atoms with Gasteiger partial charge in [0.05, 0.1) is 19.3 Å². The van der Waals surface area contributed by atoms with Crippen LogP contribution in [0.15, 0.2) is 71.9 Å². The predicted octanol–water partition coefficient (Wildman–Crippen LogP) is 3.29. The highest BCUT2D eigenvalue weighted by atomic mass is 32.2. The Morgan fingerprint density at radius 1 is 1.00 bits per heavy atom. The highest BCUT2D eigenvalue weighted by Crippen LogP contribution is 2.35. The van der Waals surface area contributed by atoms with Crippen LogP contribution in [0.5, 0.6) is 5.75 Å². The molecule has 2 aliphatic rings. The number of morpholine rings is 1. The van der Waals surface area contributed by atoms with Gasteiger partial charge in [-0.1, -0.05) is 6.07 Å². The van der Waals surface area contributed by atoms with Gasteiger partial charge in [0.1, 0.15) is 10.6 Å². The molecule has 0 unspecified atom stereocenters. The molecule has 1 amide bonds. The lowest BCUT2D eigenvalue weighted by atomic mass is 10.1. The molecule has 1 saturated carbocycles. The Morgan fingerprint density at radius 2 is 1.76 bits per heavy atom. The van der Waals surface area contributed by atoms with Gasteiger partial charge < -0.3 is 19.4 Å². The highest BCUT2D eigenvalue weighted by Gasteiger charge is 2.32. The Morgan fingerprint density at radius 3 is 2.48 bits per heavy atom. The lowest BCUT2D eigenvalue weighted by Gasteiger charge is -2.27. The molecule has 9 heteroatoms. The fourth-order valence-corrected chi connectivity index (χ4v) is 5.25. The number of benzene rings is 2. The summed E-state index contributed by atoms with van der Waals surface area (Å²) in [5, 5.41) is 2.83. The van der Waals surface area contributed by atoms with Crippen molar-refractivity contribution in [3.05, 3.63) is 72.6 Å². The van der Waals surface area contributed by atoms with Crippen LogP contribution in [0.2, 0.25) is 0 Å². The first-order valence-electron chi connectivity index (χ1n) is 10.9. The lowest BCUT2D eigenvalue weighted by molar-refractivity contribution is 0.0729. The number of amides is 1. The zero-order valence-electron chi connectivity index (χ0n) is 18.0. The van der Waals surface area contributed by atoms with Crippen LogP contribution in [-0.2, 0) is 14.8 Å². The Bertz CT molecular complexity index is 1250. The fraction of sp³-hybridized carbons (Fsp3) is 0.292.